The maximum atomic E-state index is 14.1. The molecule has 0 radical (unpaired) electrons. The minimum Gasteiger partial charge on any atom is -0.394 e. The minimum absolute atomic E-state index is 0.111. The van der Waals surface area contributed by atoms with Gasteiger partial charge in [0.15, 0.2) is 5.82 Å². The second kappa shape index (κ2) is 10.5. The monoisotopic (exact) mass is 636 g/mol. The standard InChI is InChI=1S/C26H24BrClF2N6O4/c1-11-31-26(36(33-11)19-8-14(28)4-5-15(19)12-2-3-12)25-24(39)22(23(38)20(10-37)40-25)35-9-18(32-34-35)13-6-16(29)21(27)17(30)7-13/h4-9,12,20,22-25,37-39H,2-3,10H2,1H3/t20-,22+,23+,24-,25-/m1/s1. The van der Waals surface area contributed by atoms with Gasteiger partial charge in [0.2, 0.25) is 0 Å². The summed E-state index contributed by atoms with van der Waals surface area (Å²) in [6.07, 6.45) is -1.70. The molecule has 1 saturated carbocycles. The van der Waals surface area contributed by atoms with E-state index in [9.17, 15) is 24.1 Å². The van der Waals surface area contributed by atoms with Crippen molar-refractivity contribution in [1.29, 1.82) is 0 Å². The Hall–Kier alpha value is -2.81. The van der Waals surface area contributed by atoms with Crippen molar-refractivity contribution in [1.82, 2.24) is 29.8 Å². The van der Waals surface area contributed by atoms with Gasteiger partial charge < -0.3 is 20.1 Å². The Kier molecular flexibility index (Phi) is 7.21. The maximum Gasteiger partial charge on any atom is 0.164 e. The van der Waals surface area contributed by atoms with Crippen LogP contribution in [0, 0.1) is 18.6 Å². The largest absolute Gasteiger partial charge is 0.394 e. The topological polar surface area (TPSA) is 131 Å². The second-order valence-electron chi connectivity index (χ2n) is 9.99. The molecule has 6 rings (SSSR count). The van der Waals surface area contributed by atoms with Gasteiger partial charge in [-0.25, -0.2) is 23.1 Å². The summed E-state index contributed by atoms with van der Waals surface area (Å²) >= 11 is 9.18. The summed E-state index contributed by atoms with van der Waals surface area (Å²) in [4.78, 5) is 4.54. The number of hydrogen-bond donors (Lipinski definition) is 3. The number of aromatic nitrogens is 6. The highest BCUT2D eigenvalue weighted by Crippen LogP contribution is 2.45. The zero-order valence-corrected chi connectivity index (χ0v) is 23.3. The highest BCUT2D eigenvalue weighted by molar-refractivity contribution is 9.10. The Morgan fingerprint density at radius 1 is 1.12 bits per heavy atom. The van der Waals surface area contributed by atoms with Crippen molar-refractivity contribution in [3.8, 4) is 16.9 Å². The Morgan fingerprint density at radius 2 is 1.85 bits per heavy atom. The number of aliphatic hydroxyl groups is 3. The van der Waals surface area contributed by atoms with Crippen LogP contribution in [0.3, 0.4) is 0 Å². The normalized spacial score (nSPS) is 24.9. The molecule has 210 valence electrons. The number of nitrogens with zero attached hydrogens (tertiary/aromatic N) is 6. The molecule has 14 heteroatoms. The van der Waals surface area contributed by atoms with Crippen molar-refractivity contribution in [3.63, 3.8) is 0 Å². The molecule has 5 atom stereocenters. The summed E-state index contributed by atoms with van der Waals surface area (Å²) in [5.41, 5.74) is 1.96. The van der Waals surface area contributed by atoms with Crippen LogP contribution in [0.15, 0.2) is 41.0 Å². The van der Waals surface area contributed by atoms with Crippen LogP contribution >= 0.6 is 27.5 Å². The molecule has 0 bridgehead atoms. The van der Waals surface area contributed by atoms with Gasteiger partial charge in [-0.05, 0) is 71.4 Å². The first kappa shape index (κ1) is 27.4. The fourth-order valence-corrected chi connectivity index (χ4v) is 5.51. The average Bonchev–Trinajstić information content (AvgIpc) is 3.52. The highest BCUT2D eigenvalue weighted by atomic mass is 79.9. The summed E-state index contributed by atoms with van der Waals surface area (Å²) in [7, 11) is 0. The quantitative estimate of drug-likeness (QED) is 0.272. The van der Waals surface area contributed by atoms with Crippen LogP contribution in [-0.4, -0.2) is 70.0 Å². The van der Waals surface area contributed by atoms with E-state index in [2.05, 4.69) is 36.3 Å². The van der Waals surface area contributed by atoms with Crippen molar-refractivity contribution in [2.24, 2.45) is 0 Å². The third kappa shape index (κ3) is 4.84. The van der Waals surface area contributed by atoms with E-state index in [1.54, 1.807) is 17.7 Å². The molecule has 2 aromatic heterocycles. The molecular weight excluding hydrogens is 614 g/mol. The molecule has 0 amide bonds. The molecule has 2 fully saturated rings. The molecule has 10 nitrogen and oxygen atoms in total. The number of ether oxygens (including phenoxy) is 1. The van der Waals surface area contributed by atoms with Crippen LogP contribution in [0.1, 0.15) is 48.1 Å². The number of halogens is 4. The smallest absolute Gasteiger partial charge is 0.164 e. The molecule has 3 N–H and O–H groups in total. The van der Waals surface area contributed by atoms with E-state index in [0.717, 1.165) is 30.5 Å². The third-order valence-electron chi connectivity index (χ3n) is 7.22. The highest BCUT2D eigenvalue weighted by Gasteiger charge is 2.48. The predicted octanol–water partition coefficient (Wildman–Crippen LogP) is 3.80. The van der Waals surface area contributed by atoms with E-state index in [-0.39, 0.29) is 21.6 Å². The van der Waals surface area contributed by atoms with E-state index in [0.29, 0.717) is 22.5 Å². The zero-order valence-electron chi connectivity index (χ0n) is 21.0. The fraction of sp³-hybridized carbons (Fsp3) is 0.385. The average molecular weight is 638 g/mol. The Morgan fingerprint density at radius 3 is 2.52 bits per heavy atom. The number of rotatable bonds is 6. The lowest BCUT2D eigenvalue weighted by Gasteiger charge is -2.41. The predicted molar refractivity (Wildman–Crippen MR) is 142 cm³/mol. The van der Waals surface area contributed by atoms with Crippen molar-refractivity contribution >= 4 is 27.5 Å². The minimum atomic E-state index is -1.43. The number of benzene rings is 2. The summed E-state index contributed by atoms with van der Waals surface area (Å²) in [6, 6.07) is 6.56. The van der Waals surface area contributed by atoms with E-state index < -0.39 is 48.7 Å². The van der Waals surface area contributed by atoms with Gasteiger partial charge in [-0.2, -0.15) is 5.10 Å². The Bertz CT molecular complexity index is 1560. The number of aryl methyl sites for hydroxylation is 1. The molecule has 2 aliphatic rings. The van der Waals surface area contributed by atoms with Crippen LogP contribution in [0.4, 0.5) is 8.78 Å². The van der Waals surface area contributed by atoms with E-state index in [1.165, 1.54) is 10.9 Å². The van der Waals surface area contributed by atoms with Crippen LogP contribution < -0.4 is 0 Å². The SMILES string of the molecule is Cc1nc([C@@H]2O[C@H](CO)[C@H](O)[C@H](n3cc(-c4cc(F)c(Br)c(F)c4)nn3)[C@H]2O)n(-c2cc(Cl)ccc2C2CC2)n1. The summed E-state index contributed by atoms with van der Waals surface area (Å²) in [5.74, 6) is -0.627. The van der Waals surface area contributed by atoms with E-state index in [4.69, 9.17) is 16.3 Å². The molecule has 1 aliphatic heterocycles. The first-order valence-electron chi connectivity index (χ1n) is 12.6. The lowest BCUT2D eigenvalue weighted by atomic mass is 9.92. The summed E-state index contributed by atoms with van der Waals surface area (Å²) in [5, 5.41) is 45.7. The summed E-state index contributed by atoms with van der Waals surface area (Å²) in [6.45, 7) is 1.13. The Labute approximate surface area is 240 Å². The van der Waals surface area contributed by atoms with Gasteiger partial charge in [-0.3, -0.25) is 0 Å². The molecule has 40 heavy (non-hydrogen) atoms. The molecule has 0 unspecified atom stereocenters. The number of hydrogen-bond acceptors (Lipinski definition) is 8. The summed E-state index contributed by atoms with van der Waals surface area (Å²) < 4.78 is 36.7. The van der Waals surface area contributed by atoms with Crippen molar-refractivity contribution in [2.45, 2.75) is 56.1 Å². The first-order chi connectivity index (χ1) is 19.2. The molecule has 2 aromatic carbocycles. The van der Waals surface area contributed by atoms with Gasteiger partial charge in [-0.15, -0.1) is 5.10 Å². The molecule has 0 spiro atoms. The number of aliphatic hydroxyl groups excluding tert-OH is 3. The van der Waals surface area contributed by atoms with E-state index >= 15 is 0 Å². The van der Waals surface area contributed by atoms with Gasteiger partial charge >= 0.3 is 0 Å². The van der Waals surface area contributed by atoms with Crippen molar-refractivity contribution in [2.75, 3.05) is 6.61 Å². The molecule has 3 heterocycles. The van der Waals surface area contributed by atoms with Gasteiger partial charge in [0.05, 0.1) is 23.0 Å². The second-order valence-corrected chi connectivity index (χ2v) is 11.2. The van der Waals surface area contributed by atoms with Crippen molar-refractivity contribution in [3.05, 3.63) is 74.9 Å². The van der Waals surface area contributed by atoms with Crippen LogP contribution in [0.25, 0.3) is 16.9 Å². The first-order valence-corrected chi connectivity index (χ1v) is 13.8. The fourth-order valence-electron chi connectivity index (χ4n) is 5.12. The van der Waals surface area contributed by atoms with Gasteiger partial charge in [0.25, 0.3) is 0 Å². The zero-order chi connectivity index (χ0) is 28.3. The lowest BCUT2D eigenvalue weighted by Crippen LogP contribution is -2.53. The van der Waals surface area contributed by atoms with Crippen LogP contribution in [-0.2, 0) is 4.74 Å². The Balaban J connectivity index is 1.40. The molecule has 4 aromatic rings. The van der Waals surface area contributed by atoms with Gasteiger partial charge in [0, 0.05) is 10.6 Å². The molecule has 1 saturated heterocycles. The third-order valence-corrected chi connectivity index (χ3v) is 8.21. The van der Waals surface area contributed by atoms with Crippen LogP contribution in [0.5, 0.6) is 0 Å². The maximum absolute atomic E-state index is 14.1. The van der Waals surface area contributed by atoms with E-state index in [1.807, 2.05) is 12.1 Å². The molecular formula is C26H24BrClF2N6O4. The van der Waals surface area contributed by atoms with Gasteiger partial charge in [0.1, 0.15) is 53.6 Å². The van der Waals surface area contributed by atoms with Crippen LogP contribution in [0.2, 0.25) is 5.02 Å². The van der Waals surface area contributed by atoms with Crippen molar-refractivity contribution < 1.29 is 28.8 Å². The molecule has 1 aliphatic carbocycles. The van der Waals surface area contributed by atoms with Gasteiger partial charge in [-0.1, -0.05) is 22.9 Å². The lowest BCUT2D eigenvalue weighted by molar-refractivity contribution is -0.210.